The van der Waals surface area contributed by atoms with Crippen LogP contribution in [0.5, 0.6) is 0 Å². The Labute approximate surface area is 251 Å². The third-order valence-corrected chi connectivity index (χ3v) is 14.0. The van der Waals surface area contributed by atoms with E-state index in [1.165, 1.54) is 0 Å². The van der Waals surface area contributed by atoms with E-state index in [9.17, 15) is 20.4 Å². The number of hydrogen-bond acceptors (Lipinski definition) is 10. The Morgan fingerprint density at radius 1 is 0.412 bits per heavy atom. The molecule has 0 aliphatic carbocycles. The quantitative estimate of drug-likeness (QED) is 0.0820. The van der Waals surface area contributed by atoms with Gasteiger partial charge in [0.05, 0.1) is 24.4 Å². The first-order valence-electron chi connectivity index (χ1n) is 10.9. The number of hydrogen-bond donors (Lipinski definition) is 4. The van der Waals surface area contributed by atoms with Gasteiger partial charge >= 0.3 is 0 Å². The van der Waals surface area contributed by atoms with Crippen molar-refractivity contribution in [3.63, 3.8) is 0 Å². The largest absolute Gasteiger partial charge is 0.391 e. The van der Waals surface area contributed by atoms with Crippen molar-refractivity contribution in [1.29, 1.82) is 0 Å². The van der Waals surface area contributed by atoms with Crippen LogP contribution in [0.4, 0.5) is 0 Å². The van der Waals surface area contributed by atoms with Gasteiger partial charge in [0.2, 0.25) is 0 Å². The molecule has 0 aromatic rings. The average Bonchev–Trinajstić information content (AvgIpc) is 2.85. The number of rotatable bonds is 25. The fourth-order valence-corrected chi connectivity index (χ4v) is 11.2. The molecule has 206 valence electrons. The zero-order chi connectivity index (χ0) is 25.6. The van der Waals surface area contributed by atoms with E-state index in [-0.39, 0.29) is 23.5 Å². The maximum absolute atomic E-state index is 9.77. The highest BCUT2D eigenvalue weighted by Crippen LogP contribution is 2.28. The molecule has 4 N–H and O–H groups in total. The van der Waals surface area contributed by atoms with Crippen molar-refractivity contribution in [3.8, 4) is 0 Å². The molecule has 0 aromatic carbocycles. The second-order valence-electron chi connectivity index (χ2n) is 7.37. The van der Waals surface area contributed by atoms with Crippen molar-refractivity contribution >= 4 is 117 Å². The summed E-state index contributed by atoms with van der Waals surface area (Å²) < 4.78 is 0. The maximum atomic E-state index is 9.77. The van der Waals surface area contributed by atoms with Gasteiger partial charge in [-0.05, 0) is 0 Å². The van der Waals surface area contributed by atoms with Gasteiger partial charge in [-0.1, -0.05) is 0 Å². The first kappa shape index (κ1) is 37.1. The second kappa shape index (κ2) is 26.3. The van der Waals surface area contributed by atoms with Gasteiger partial charge in [0.1, 0.15) is 0 Å². The topological polar surface area (TPSA) is 80.9 Å². The minimum absolute atomic E-state index is 0.242. The monoisotopic (exact) mass is 674 g/mol. The molecular weight excluding hydrogens is 638 g/mol. The lowest BCUT2D eigenvalue weighted by atomic mass is 10.5. The molecule has 0 bridgehead atoms. The zero-order valence-corrected chi connectivity index (χ0v) is 27.0. The van der Waals surface area contributed by atoms with E-state index < -0.39 is 24.4 Å². The number of aliphatic hydroxyl groups is 4. The van der Waals surface area contributed by atoms with Crippen molar-refractivity contribution in [1.82, 2.24) is 0 Å². The van der Waals surface area contributed by atoms with Gasteiger partial charge in [-0.2, -0.15) is 70.6 Å². The lowest BCUT2D eigenvalue weighted by Gasteiger charge is -2.22. The highest BCUT2D eigenvalue weighted by atomic mass is 35.5. The molecule has 0 radical (unpaired) electrons. The minimum atomic E-state index is -0.495. The van der Waals surface area contributed by atoms with E-state index in [4.69, 9.17) is 46.4 Å². The molecule has 0 spiro atoms. The summed E-state index contributed by atoms with van der Waals surface area (Å²) in [6, 6.07) is 0. The molecule has 0 aromatic heterocycles. The third kappa shape index (κ3) is 23.0. The highest BCUT2D eigenvalue weighted by molar-refractivity contribution is 8.07. The van der Waals surface area contributed by atoms with Crippen molar-refractivity contribution in [2.75, 3.05) is 81.0 Å². The van der Waals surface area contributed by atoms with Crippen molar-refractivity contribution in [2.45, 2.75) is 34.9 Å². The molecule has 0 fully saturated rings. The predicted molar refractivity (Wildman–Crippen MR) is 169 cm³/mol. The number of alkyl halides is 4. The van der Waals surface area contributed by atoms with Crippen molar-refractivity contribution < 1.29 is 20.4 Å². The lowest BCUT2D eigenvalue weighted by molar-refractivity contribution is 0.223. The molecule has 34 heavy (non-hydrogen) atoms. The van der Waals surface area contributed by atoms with E-state index >= 15 is 0 Å². The fraction of sp³-hybridized carbons (Fsp3) is 1.00. The first-order valence-corrected chi connectivity index (χ1v) is 19.7. The molecule has 0 heterocycles. The average molecular weight is 677 g/mol. The van der Waals surface area contributed by atoms with Gasteiger partial charge in [-0.25, -0.2) is 0 Å². The van der Waals surface area contributed by atoms with Crippen LogP contribution in [0, 0.1) is 0 Å². The van der Waals surface area contributed by atoms with E-state index in [0.29, 0.717) is 33.5 Å². The van der Waals surface area contributed by atoms with Gasteiger partial charge in [0.25, 0.3) is 0 Å². The Hall–Kier alpha value is 3.10. The van der Waals surface area contributed by atoms with Gasteiger partial charge in [0.15, 0.2) is 0 Å². The smallest absolute Gasteiger partial charge is 0.0765 e. The SMILES string of the molecule is OC(CCl)CSCCSC(CSCC(O)CCl)CSC(CSCC(O)CCl)CSCC(O)CCl. The van der Waals surface area contributed by atoms with Gasteiger partial charge < -0.3 is 20.4 Å². The summed E-state index contributed by atoms with van der Waals surface area (Å²) in [4.78, 5) is 0. The van der Waals surface area contributed by atoms with Gasteiger partial charge in [-0.15, -0.1) is 46.4 Å². The predicted octanol–water partition coefficient (Wildman–Crippen LogP) is 4.52. The molecule has 0 saturated carbocycles. The van der Waals surface area contributed by atoms with E-state index in [0.717, 1.165) is 34.5 Å². The Kier molecular flexibility index (Phi) is 28.7. The Balaban J connectivity index is 4.67. The molecule has 4 nitrogen and oxygen atoms in total. The van der Waals surface area contributed by atoms with Crippen LogP contribution in [-0.2, 0) is 0 Å². The molecule has 14 heteroatoms. The maximum Gasteiger partial charge on any atom is 0.0765 e. The van der Waals surface area contributed by atoms with Crippen LogP contribution in [0.15, 0.2) is 0 Å². The van der Waals surface area contributed by atoms with E-state index in [2.05, 4.69) is 0 Å². The summed E-state index contributed by atoms with van der Waals surface area (Å²) in [5.74, 6) is 9.18. The summed E-state index contributed by atoms with van der Waals surface area (Å²) in [6.07, 6.45) is -1.93. The van der Waals surface area contributed by atoms with Crippen LogP contribution in [0.2, 0.25) is 0 Å². The fourth-order valence-electron chi connectivity index (χ4n) is 2.21. The number of aliphatic hydroxyl groups excluding tert-OH is 4. The van der Waals surface area contributed by atoms with E-state index in [1.807, 2.05) is 23.5 Å². The van der Waals surface area contributed by atoms with Crippen LogP contribution in [0.1, 0.15) is 0 Å². The first-order chi connectivity index (χ1) is 16.4. The number of halogens is 4. The molecular formula is C20H38Cl4O4S6. The molecule has 0 saturated heterocycles. The Morgan fingerprint density at radius 3 is 1.15 bits per heavy atom. The second-order valence-corrected chi connectivity index (χ2v) is 15.7. The molecule has 0 aliphatic heterocycles. The van der Waals surface area contributed by atoms with Crippen LogP contribution in [-0.4, -0.2) is 136 Å². The summed E-state index contributed by atoms with van der Waals surface area (Å²) in [5.41, 5.74) is 0. The third-order valence-electron chi connectivity index (χ3n) is 3.96. The molecule has 5 atom stereocenters. The summed E-state index contributed by atoms with van der Waals surface area (Å²) in [5, 5.41) is 39.7. The van der Waals surface area contributed by atoms with E-state index in [1.54, 1.807) is 47.0 Å². The van der Waals surface area contributed by atoms with Crippen LogP contribution < -0.4 is 0 Å². The summed E-state index contributed by atoms with van der Waals surface area (Å²) in [7, 11) is 0. The standard InChI is InChI=1S/C20H38Cl4O4S6/c21-3-15(25)7-29-1-2-33-20(13-32-10-18(28)6-24)14-34-19(11-30-8-16(26)4-22)12-31-9-17(27)5-23/h15-20,25-28H,1-14H2. The Morgan fingerprint density at radius 2 is 0.765 bits per heavy atom. The molecule has 0 rings (SSSR count). The highest BCUT2D eigenvalue weighted by Gasteiger charge is 2.18. The number of thioether (sulfide) groups is 6. The minimum Gasteiger partial charge on any atom is -0.391 e. The lowest BCUT2D eigenvalue weighted by Crippen LogP contribution is -2.21. The summed E-state index contributed by atoms with van der Waals surface area (Å²) >= 11 is 33.5. The molecule has 0 aliphatic rings. The van der Waals surface area contributed by atoms with Crippen LogP contribution in [0.3, 0.4) is 0 Å². The normalized spacial score (nSPS) is 17.3. The Bertz CT molecular complexity index is 438. The van der Waals surface area contributed by atoms with Gasteiger partial charge in [-0.3, -0.25) is 0 Å². The molecule has 0 amide bonds. The van der Waals surface area contributed by atoms with Crippen LogP contribution >= 0.6 is 117 Å². The zero-order valence-electron chi connectivity index (χ0n) is 19.1. The molecule has 5 unspecified atom stereocenters. The van der Waals surface area contributed by atoms with Crippen molar-refractivity contribution in [2.24, 2.45) is 0 Å². The summed E-state index contributed by atoms with van der Waals surface area (Å²) in [6.45, 7) is 0. The van der Waals surface area contributed by atoms with Crippen LogP contribution in [0.25, 0.3) is 0 Å². The van der Waals surface area contributed by atoms with Gasteiger partial charge in [0, 0.05) is 91.5 Å². The van der Waals surface area contributed by atoms with Crippen molar-refractivity contribution in [3.05, 3.63) is 0 Å².